The number of nitro groups is 1. The molecule has 1 saturated carbocycles. The van der Waals surface area contributed by atoms with Gasteiger partial charge in [0.15, 0.2) is 0 Å². The van der Waals surface area contributed by atoms with Crippen molar-refractivity contribution in [3.05, 3.63) is 70.0 Å². The van der Waals surface area contributed by atoms with Crippen molar-refractivity contribution in [2.75, 3.05) is 17.1 Å². The molecule has 2 amide bonds. The summed E-state index contributed by atoms with van der Waals surface area (Å²) < 4.78 is 39.4. The summed E-state index contributed by atoms with van der Waals surface area (Å²) in [5.74, 6) is -1.52. The number of nitrogens with zero attached hydrogens (tertiary/aromatic N) is 3. The van der Waals surface area contributed by atoms with Crippen molar-refractivity contribution in [2.45, 2.75) is 57.7 Å². The van der Waals surface area contributed by atoms with E-state index in [1.165, 1.54) is 47.4 Å². The Balaban J connectivity index is 1.89. The fraction of sp³-hybridized carbons (Fsp3) is 0.440. The van der Waals surface area contributed by atoms with Gasteiger partial charge in [0.2, 0.25) is 21.8 Å². The lowest BCUT2D eigenvalue weighted by Crippen LogP contribution is -2.52. The maximum Gasteiger partial charge on any atom is 0.271 e. The van der Waals surface area contributed by atoms with Gasteiger partial charge in [-0.15, -0.1) is 0 Å². The number of carbonyl (C=O) groups excluding carboxylic acids is 2. The second kappa shape index (κ2) is 12.1. The average molecular weight is 535 g/mol. The van der Waals surface area contributed by atoms with E-state index in [0.29, 0.717) is 5.56 Å². The summed E-state index contributed by atoms with van der Waals surface area (Å²) in [6.45, 7) is 0.810. The quantitative estimate of drug-likeness (QED) is 0.368. The molecule has 1 aliphatic rings. The van der Waals surface area contributed by atoms with E-state index in [4.69, 9.17) is 0 Å². The Labute approximate surface area is 215 Å². The third-order valence-corrected chi connectivity index (χ3v) is 7.53. The molecule has 0 unspecified atom stereocenters. The molecule has 0 heterocycles. The van der Waals surface area contributed by atoms with Crippen LogP contribution < -0.4 is 9.62 Å². The van der Waals surface area contributed by atoms with Crippen LogP contribution in [0.5, 0.6) is 0 Å². The lowest BCUT2D eigenvalue weighted by Gasteiger charge is -2.33. The number of carbonyl (C=O) groups is 2. The number of nitrogens with one attached hydrogen (secondary N) is 1. The van der Waals surface area contributed by atoms with Crippen LogP contribution in [0.1, 0.15) is 44.6 Å². The second-order valence-electron chi connectivity index (χ2n) is 9.21. The lowest BCUT2D eigenvalue weighted by atomic mass is 9.95. The van der Waals surface area contributed by atoms with Crippen LogP contribution in [0.4, 0.5) is 15.8 Å². The Kier molecular flexibility index (Phi) is 9.19. The first-order chi connectivity index (χ1) is 17.5. The fourth-order valence-electron chi connectivity index (χ4n) is 4.31. The number of non-ortho nitro benzene ring substituents is 1. The Morgan fingerprint density at radius 1 is 1.14 bits per heavy atom. The molecule has 10 nitrogen and oxygen atoms in total. The number of amides is 2. The van der Waals surface area contributed by atoms with Gasteiger partial charge in [0.1, 0.15) is 18.4 Å². The van der Waals surface area contributed by atoms with Crippen LogP contribution in [0, 0.1) is 15.9 Å². The molecule has 0 aromatic heterocycles. The molecule has 0 saturated heterocycles. The number of hydrogen-bond donors (Lipinski definition) is 1. The number of rotatable bonds is 10. The van der Waals surface area contributed by atoms with Crippen LogP contribution in [0.2, 0.25) is 0 Å². The van der Waals surface area contributed by atoms with E-state index in [1.807, 2.05) is 0 Å². The van der Waals surface area contributed by atoms with Crippen molar-refractivity contribution in [1.29, 1.82) is 0 Å². The molecule has 0 radical (unpaired) electrons. The van der Waals surface area contributed by atoms with Crippen LogP contribution in [0.15, 0.2) is 48.5 Å². The Morgan fingerprint density at radius 3 is 2.38 bits per heavy atom. The van der Waals surface area contributed by atoms with Gasteiger partial charge in [0.05, 0.1) is 16.9 Å². The number of benzene rings is 2. The van der Waals surface area contributed by atoms with Crippen LogP contribution >= 0.6 is 0 Å². The minimum absolute atomic E-state index is 0.00357. The Hall–Kier alpha value is -3.54. The zero-order valence-corrected chi connectivity index (χ0v) is 21.6. The summed E-state index contributed by atoms with van der Waals surface area (Å²) in [6, 6.07) is 9.44. The number of anilines is 1. The van der Waals surface area contributed by atoms with Crippen LogP contribution in [-0.2, 0) is 26.2 Å². The van der Waals surface area contributed by atoms with E-state index in [9.17, 15) is 32.5 Å². The Morgan fingerprint density at radius 2 is 1.78 bits per heavy atom. The molecule has 1 atom stereocenters. The van der Waals surface area contributed by atoms with Gasteiger partial charge < -0.3 is 10.2 Å². The molecular weight excluding hydrogens is 503 g/mol. The van der Waals surface area contributed by atoms with E-state index >= 15 is 0 Å². The maximum absolute atomic E-state index is 13.5. The smallest absolute Gasteiger partial charge is 0.271 e. The molecule has 0 bridgehead atoms. The van der Waals surface area contributed by atoms with Crippen molar-refractivity contribution in [3.63, 3.8) is 0 Å². The van der Waals surface area contributed by atoms with Gasteiger partial charge in [0, 0.05) is 24.7 Å². The summed E-state index contributed by atoms with van der Waals surface area (Å²) >= 11 is 0. The minimum Gasteiger partial charge on any atom is -0.352 e. The molecule has 200 valence electrons. The van der Waals surface area contributed by atoms with Crippen molar-refractivity contribution in [3.8, 4) is 0 Å². The predicted octanol–water partition coefficient (Wildman–Crippen LogP) is 3.37. The first kappa shape index (κ1) is 28.0. The van der Waals surface area contributed by atoms with Crippen LogP contribution in [-0.4, -0.2) is 54.9 Å². The largest absolute Gasteiger partial charge is 0.352 e. The first-order valence-corrected chi connectivity index (χ1v) is 13.9. The van der Waals surface area contributed by atoms with Crippen molar-refractivity contribution in [1.82, 2.24) is 10.2 Å². The maximum atomic E-state index is 13.5. The standard InChI is InChI=1S/C25H31FN4O6S/c1-18(25(32)27-21-7-4-3-5-8-21)28(16-19-11-13-20(26)14-12-19)24(31)17-29(37(2,35)36)22-9-6-10-23(15-22)30(33)34/h6,9-15,18,21H,3-5,7-8,16-17H2,1-2H3,(H,27,32)/t18-/m0/s1. The number of nitro benzene ring substituents is 1. The van der Waals surface area contributed by atoms with Crippen molar-refractivity contribution in [2.24, 2.45) is 0 Å². The van der Waals surface area contributed by atoms with Gasteiger partial charge in [-0.05, 0) is 43.5 Å². The molecule has 2 aromatic rings. The fourth-order valence-corrected chi connectivity index (χ4v) is 5.15. The van der Waals surface area contributed by atoms with Crippen molar-refractivity contribution >= 4 is 33.2 Å². The van der Waals surface area contributed by atoms with Gasteiger partial charge in [-0.2, -0.15) is 0 Å². The highest BCUT2D eigenvalue weighted by molar-refractivity contribution is 7.92. The minimum atomic E-state index is -4.02. The number of hydrogen-bond acceptors (Lipinski definition) is 6. The predicted molar refractivity (Wildman–Crippen MR) is 137 cm³/mol. The second-order valence-corrected chi connectivity index (χ2v) is 11.1. The highest BCUT2D eigenvalue weighted by Gasteiger charge is 2.31. The summed E-state index contributed by atoms with van der Waals surface area (Å²) in [5, 5.41) is 14.2. The third kappa shape index (κ3) is 7.72. The van der Waals surface area contributed by atoms with Gasteiger partial charge >= 0.3 is 0 Å². The van der Waals surface area contributed by atoms with E-state index < -0.39 is 39.3 Å². The van der Waals surface area contributed by atoms with Gasteiger partial charge in [-0.1, -0.05) is 37.5 Å². The summed E-state index contributed by atoms with van der Waals surface area (Å²) in [4.78, 5) is 38.4. The lowest BCUT2D eigenvalue weighted by molar-refractivity contribution is -0.384. The zero-order chi connectivity index (χ0) is 27.2. The topological polar surface area (TPSA) is 130 Å². The molecule has 3 rings (SSSR count). The monoisotopic (exact) mass is 534 g/mol. The van der Waals surface area contributed by atoms with E-state index in [0.717, 1.165) is 48.7 Å². The first-order valence-electron chi connectivity index (χ1n) is 12.0. The van der Waals surface area contributed by atoms with E-state index in [2.05, 4.69) is 5.32 Å². The molecule has 2 aromatic carbocycles. The molecule has 1 N–H and O–H groups in total. The number of sulfonamides is 1. The normalized spacial score (nSPS) is 15.0. The third-order valence-electron chi connectivity index (χ3n) is 6.39. The molecular formula is C25H31FN4O6S. The van der Waals surface area contributed by atoms with Crippen LogP contribution in [0.3, 0.4) is 0 Å². The summed E-state index contributed by atoms with van der Waals surface area (Å²) in [5.41, 5.74) is 0.168. The summed E-state index contributed by atoms with van der Waals surface area (Å²) in [6.07, 6.45) is 5.70. The zero-order valence-electron chi connectivity index (χ0n) is 20.8. The van der Waals surface area contributed by atoms with Crippen molar-refractivity contribution < 1.29 is 27.3 Å². The SMILES string of the molecule is C[C@@H](C(=O)NC1CCCCC1)N(Cc1ccc(F)cc1)C(=O)CN(c1cccc([N+](=O)[O-])c1)S(C)(=O)=O. The van der Waals surface area contributed by atoms with Gasteiger partial charge in [-0.25, -0.2) is 12.8 Å². The molecule has 37 heavy (non-hydrogen) atoms. The molecule has 0 spiro atoms. The average Bonchev–Trinajstić information content (AvgIpc) is 2.86. The van der Waals surface area contributed by atoms with Gasteiger partial charge in [0.25, 0.3) is 5.69 Å². The number of halogens is 1. The highest BCUT2D eigenvalue weighted by atomic mass is 32.2. The molecule has 1 fully saturated rings. The van der Waals surface area contributed by atoms with E-state index in [-0.39, 0.29) is 29.9 Å². The molecule has 1 aliphatic carbocycles. The highest BCUT2D eigenvalue weighted by Crippen LogP contribution is 2.24. The van der Waals surface area contributed by atoms with E-state index in [1.54, 1.807) is 6.92 Å². The molecule has 0 aliphatic heterocycles. The Bertz CT molecular complexity index is 1230. The molecule has 12 heteroatoms. The van der Waals surface area contributed by atoms with Crippen LogP contribution in [0.25, 0.3) is 0 Å². The summed E-state index contributed by atoms with van der Waals surface area (Å²) in [7, 11) is -4.02. The van der Waals surface area contributed by atoms with Gasteiger partial charge in [-0.3, -0.25) is 24.0 Å².